The molecule has 4 aliphatic carbocycles. The van der Waals surface area contributed by atoms with E-state index in [1.54, 1.807) is 24.8 Å². The van der Waals surface area contributed by atoms with Gasteiger partial charge in [0, 0.05) is 24.1 Å². The number of benzene rings is 1. The van der Waals surface area contributed by atoms with E-state index in [1.165, 1.54) is 38.5 Å². The molecule has 2 N–H and O–H groups in total. The quantitative estimate of drug-likeness (QED) is 0.624. The number of anilines is 2. The fourth-order valence-electron chi connectivity index (χ4n) is 6.51. The molecule has 7 rings (SSSR count). The molecule has 158 valence electrons. The summed E-state index contributed by atoms with van der Waals surface area (Å²) in [6, 6.07) is 11.7. The summed E-state index contributed by atoms with van der Waals surface area (Å²) in [4.78, 5) is 21.4. The maximum Gasteiger partial charge on any atom is 0.257 e. The average molecular weight is 414 g/mol. The van der Waals surface area contributed by atoms with Gasteiger partial charge in [0.2, 0.25) is 0 Å². The highest BCUT2D eigenvalue weighted by Gasteiger charge is 2.51. The van der Waals surface area contributed by atoms with Gasteiger partial charge in [0.05, 0.1) is 16.9 Å². The molecule has 4 aliphatic rings. The molecule has 1 aromatic carbocycles. The first kappa shape index (κ1) is 18.6. The number of hydrogen-bond donors (Lipinski definition) is 2. The number of hydrogen-bond acceptors (Lipinski definition) is 4. The van der Waals surface area contributed by atoms with Crippen LogP contribution in [0.5, 0.6) is 0 Å². The Kier molecular flexibility index (Phi) is 4.33. The largest absolute Gasteiger partial charge is 0.378 e. The summed E-state index contributed by atoms with van der Waals surface area (Å²) < 4.78 is 1.81. The average Bonchev–Trinajstić information content (AvgIpc) is 3.29. The predicted octanol–water partition coefficient (Wildman–Crippen LogP) is 4.90. The number of carbonyl (C=O) groups is 1. The Hall–Kier alpha value is -3.15. The molecule has 0 unspecified atom stereocenters. The second-order valence-electron chi connectivity index (χ2n) is 9.70. The zero-order valence-electron chi connectivity index (χ0n) is 17.5. The van der Waals surface area contributed by atoms with Crippen LogP contribution in [0.2, 0.25) is 0 Å². The Morgan fingerprint density at radius 2 is 1.68 bits per heavy atom. The monoisotopic (exact) mass is 413 g/mol. The Labute approximate surface area is 182 Å². The fraction of sp³-hybridized carbons (Fsp3) is 0.400. The second kappa shape index (κ2) is 7.22. The van der Waals surface area contributed by atoms with Gasteiger partial charge >= 0.3 is 0 Å². The summed E-state index contributed by atoms with van der Waals surface area (Å²) in [6.45, 7) is 0. The lowest BCUT2D eigenvalue weighted by molar-refractivity contribution is 0.0107. The number of nitrogens with zero attached hydrogens (tertiary/aromatic N) is 3. The molecule has 4 bridgehead atoms. The molecule has 2 heterocycles. The van der Waals surface area contributed by atoms with Crippen LogP contribution in [0.1, 0.15) is 48.9 Å². The Balaban J connectivity index is 1.20. The predicted molar refractivity (Wildman–Crippen MR) is 120 cm³/mol. The van der Waals surface area contributed by atoms with Crippen LogP contribution in [0, 0.1) is 17.8 Å². The highest BCUT2D eigenvalue weighted by molar-refractivity contribution is 6.05. The highest BCUT2D eigenvalue weighted by atomic mass is 16.1. The van der Waals surface area contributed by atoms with Gasteiger partial charge in [-0.25, -0.2) is 9.97 Å². The van der Waals surface area contributed by atoms with Crippen LogP contribution < -0.4 is 10.6 Å². The third-order valence-corrected chi connectivity index (χ3v) is 7.39. The normalized spacial score (nSPS) is 28.5. The molecule has 0 radical (unpaired) electrons. The molecular formula is C25H27N5O. The van der Waals surface area contributed by atoms with Crippen molar-refractivity contribution < 1.29 is 4.79 Å². The minimum atomic E-state index is -0.149. The number of carbonyl (C=O) groups excluding carboxylic acids is 1. The highest BCUT2D eigenvalue weighted by Crippen LogP contribution is 2.56. The van der Waals surface area contributed by atoms with E-state index in [2.05, 4.69) is 26.7 Å². The van der Waals surface area contributed by atoms with Gasteiger partial charge in [0.1, 0.15) is 12.1 Å². The SMILES string of the molecule is O=C(Nc1ccccc1NC12CC3CC(CC(C3)C1)C2)c1ccc(-n2ccnc2)nc1. The molecule has 0 spiro atoms. The van der Waals surface area contributed by atoms with Crippen LogP contribution in [0.15, 0.2) is 61.3 Å². The van der Waals surface area contributed by atoms with E-state index in [4.69, 9.17) is 0 Å². The summed E-state index contributed by atoms with van der Waals surface area (Å²) in [6.07, 6.45) is 14.9. The fourth-order valence-corrected chi connectivity index (χ4v) is 6.51. The Bertz CT molecular complexity index is 1050. The molecule has 3 aromatic rings. The van der Waals surface area contributed by atoms with Gasteiger partial charge < -0.3 is 10.6 Å². The van der Waals surface area contributed by atoms with E-state index in [0.717, 1.165) is 34.9 Å². The maximum atomic E-state index is 12.9. The molecule has 0 saturated heterocycles. The summed E-state index contributed by atoms with van der Waals surface area (Å²) in [5, 5.41) is 7.00. The third kappa shape index (κ3) is 3.50. The lowest BCUT2D eigenvalue weighted by Gasteiger charge is -2.57. The molecule has 6 nitrogen and oxygen atoms in total. The van der Waals surface area contributed by atoms with Gasteiger partial charge in [-0.2, -0.15) is 0 Å². The first-order valence-corrected chi connectivity index (χ1v) is 11.3. The summed E-state index contributed by atoms with van der Waals surface area (Å²) >= 11 is 0. The number of aromatic nitrogens is 3. The van der Waals surface area contributed by atoms with Crippen molar-refractivity contribution in [3.8, 4) is 5.82 Å². The topological polar surface area (TPSA) is 71.8 Å². The molecule has 4 fully saturated rings. The van der Waals surface area contributed by atoms with E-state index in [0.29, 0.717) is 5.56 Å². The zero-order chi connectivity index (χ0) is 20.8. The second-order valence-corrected chi connectivity index (χ2v) is 9.70. The minimum absolute atomic E-state index is 0.149. The first-order chi connectivity index (χ1) is 15.2. The van der Waals surface area contributed by atoms with Gasteiger partial charge in [-0.1, -0.05) is 12.1 Å². The van der Waals surface area contributed by atoms with E-state index >= 15 is 0 Å². The van der Waals surface area contributed by atoms with Crippen LogP contribution in [0.3, 0.4) is 0 Å². The van der Waals surface area contributed by atoms with Crippen molar-refractivity contribution in [3.63, 3.8) is 0 Å². The number of para-hydroxylation sites is 2. The summed E-state index contributed by atoms with van der Waals surface area (Å²) in [7, 11) is 0. The van der Waals surface area contributed by atoms with Crippen molar-refractivity contribution in [1.29, 1.82) is 0 Å². The van der Waals surface area contributed by atoms with Gasteiger partial charge in [-0.05, 0) is 80.5 Å². The standard InChI is InChI=1S/C25H27N5O/c31-24(20-5-6-23(27-15-20)30-8-7-26-16-30)28-21-3-1-2-4-22(21)29-25-12-17-9-18(13-25)11-19(10-17)14-25/h1-8,15-19,29H,9-14H2,(H,28,31). The van der Waals surface area contributed by atoms with Crippen molar-refractivity contribution in [3.05, 3.63) is 66.9 Å². The van der Waals surface area contributed by atoms with Crippen molar-refractivity contribution in [2.75, 3.05) is 10.6 Å². The van der Waals surface area contributed by atoms with Crippen molar-refractivity contribution in [2.45, 2.75) is 44.1 Å². The van der Waals surface area contributed by atoms with Crippen LogP contribution in [-0.4, -0.2) is 26.0 Å². The van der Waals surface area contributed by atoms with Crippen molar-refractivity contribution in [1.82, 2.24) is 14.5 Å². The van der Waals surface area contributed by atoms with Gasteiger partial charge in [0.25, 0.3) is 5.91 Å². The van der Waals surface area contributed by atoms with Crippen LogP contribution in [-0.2, 0) is 0 Å². The van der Waals surface area contributed by atoms with Crippen LogP contribution >= 0.6 is 0 Å². The van der Waals surface area contributed by atoms with E-state index in [1.807, 2.05) is 35.0 Å². The number of pyridine rings is 1. The number of imidazole rings is 1. The van der Waals surface area contributed by atoms with E-state index in [-0.39, 0.29) is 11.4 Å². The van der Waals surface area contributed by atoms with Crippen molar-refractivity contribution >= 4 is 17.3 Å². The molecule has 1 amide bonds. The molecule has 31 heavy (non-hydrogen) atoms. The maximum absolute atomic E-state index is 12.9. The molecule has 0 atom stereocenters. The van der Waals surface area contributed by atoms with Gasteiger partial charge in [-0.15, -0.1) is 0 Å². The number of nitrogens with one attached hydrogen (secondary N) is 2. The zero-order valence-corrected chi connectivity index (χ0v) is 17.5. The summed E-state index contributed by atoms with van der Waals surface area (Å²) in [5.41, 5.74) is 2.60. The lowest BCUT2D eigenvalue weighted by atomic mass is 9.53. The Morgan fingerprint density at radius 3 is 2.29 bits per heavy atom. The smallest absolute Gasteiger partial charge is 0.257 e. The van der Waals surface area contributed by atoms with Gasteiger partial charge in [0.15, 0.2) is 0 Å². The Morgan fingerprint density at radius 1 is 0.968 bits per heavy atom. The molecule has 6 heteroatoms. The minimum Gasteiger partial charge on any atom is -0.378 e. The number of rotatable bonds is 5. The molecule has 0 aliphatic heterocycles. The molecule has 4 saturated carbocycles. The van der Waals surface area contributed by atoms with E-state index in [9.17, 15) is 4.79 Å². The van der Waals surface area contributed by atoms with E-state index < -0.39 is 0 Å². The first-order valence-electron chi connectivity index (χ1n) is 11.3. The van der Waals surface area contributed by atoms with Crippen LogP contribution in [0.4, 0.5) is 11.4 Å². The molecule has 2 aromatic heterocycles. The van der Waals surface area contributed by atoms with Crippen molar-refractivity contribution in [2.24, 2.45) is 17.8 Å². The summed E-state index contributed by atoms with van der Waals surface area (Å²) in [5.74, 6) is 3.21. The molecular weight excluding hydrogens is 386 g/mol. The van der Waals surface area contributed by atoms with Crippen LogP contribution in [0.25, 0.3) is 5.82 Å². The van der Waals surface area contributed by atoms with Gasteiger partial charge in [-0.3, -0.25) is 9.36 Å². The third-order valence-electron chi connectivity index (χ3n) is 7.39. The number of amides is 1. The lowest BCUT2D eigenvalue weighted by Crippen LogP contribution is -2.54.